The van der Waals surface area contributed by atoms with Crippen molar-refractivity contribution >= 4 is 28.4 Å². The summed E-state index contributed by atoms with van der Waals surface area (Å²) >= 11 is 5.83. The third-order valence-electron chi connectivity index (χ3n) is 5.14. The van der Waals surface area contributed by atoms with Crippen molar-refractivity contribution in [1.82, 2.24) is 15.3 Å². The highest BCUT2D eigenvalue weighted by atomic mass is 35.5. The lowest BCUT2D eigenvalue weighted by molar-refractivity contribution is 0.0950. The number of nitrogens with zero attached hydrogens (tertiary/aromatic N) is 1. The Kier molecular flexibility index (Phi) is 5.81. The van der Waals surface area contributed by atoms with Gasteiger partial charge < -0.3 is 10.3 Å². The average Bonchev–Trinajstić information content (AvgIpc) is 3.12. The smallest absolute Gasteiger partial charge is 0.251 e. The molecule has 2 heterocycles. The number of hydrogen-bond donors (Lipinski definition) is 2. The Bertz CT molecular complexity index is 1200. The quantitative estimate of drug-likeness (QED) is 0.417. The number of nitrogens with one attached hydrogen (secondary N) is 2. The van der Waals surface area contributed by atoms with Crippen LogP contribution in [0.2, 0.25) is 0 Å². The lowest BCUT2D eigenvalue weighted by Gasteiger charge is -2.09. The van der Waals surface area contributed by atoms with Crippen LogP contribution in [0.5, 0.6) is 0 Å². The maximum absolute atomic E-state index is 14.4. The van der Waals surface area contributed by atoms with Gasteiger partial charge in [-0.15, -0.1) is 11.6 Å². The van der Waals surface area contributed by atoms with Gasteiger partial charge in [-0.2, -0.15) is 0 Å². The summed E-state index contributed by atoms with van der Waals surface area (Å²) in [5.74, 6) is -0.132. The van der Waals surface area contributed by atoms with Gasteiger partial charge in [-0.3, -0.25) is 9.78 Å². The van der Waals surface area contributed by atoms with Crippen LogP contribution < -0.4 is 5.32 Å². The van der Waals surface area contributed by atoms with Gasteiger partial charge in [0.2, 0.25) is 0 Å². The number of alkyl halides is 1. The number of rotatable bonds is 6. The minimum atomic E-state index is -0.347. The van der Waals surface area contributed by atoms with E-state index in [-0.39, 0.29) is 18.3 Å². The predicted octanol–water partition coefficient (Wildman–Crippen LogP) is 5.27. The number of pyridine rings is 1. The molecule has 4 aromatic rings. The molecule has 0 aliphatic rings. The summed E-state index contributed by atoms with van der Waals surface area (Å²) in [6, 6.07) is 14.6. The van der Waals surface area contributed by atoms with Crippen molar-refractivity contribution in [2.24, 2.45) is 0 Å². The van der Waals surface area contributed by atoms with Crippen molar-refractivity contribution in [2.45, 2.75) is 25.8 Å². The molecule has 2 N–H and O–H groups in total. The highest BCUT2D eigenvalue weighted by Crippen LogP contribution is 2.22. The van der Waals surface area contributed by atoms with Crippen LogP contribution in [0.15, 0.2) is 60.9 Å². The van der Waals surface area contributed by atoms with E-state index in [0.717, 1.165) is 33.3 Å². The van der Waals surface area contributed by atoms with E-state index in [2.05, 4.69) is 15.3 Å². The van der Waals surface area contributed by atoms with Crippen molar-refractivity contribution in [1.29, 1.82) is 0 Å². The fourth-order valence-electron chi connectivity index (χ4n) is 3.41. The van der Waals surface area contributed by atoms with Crippen molar-refractivity contribution in [3.05, 3.63) is 100 Å². The number of aryl methyl sites for hydroxylation is 1. The van der Waals surface area contributed by atoms with Gasteiger partial charge in [0.15, 0.2) is 0 Å². The number of benzene rings is 2. The van der Waals surface area contributed by atoms with Crippen LogP contribution in [0.4, 0.5) is 4.39 Å². The summed E-state index contributed by atoms with van der Waals surface area (Å²) in [7, 11) is 0. The molecule has 1 amide bonds. The summed E-state index contributed by atoms with van der Waals surface area (Å²) in [5, 5.41) is 3.76. The molecule has 152 valence electrons. The van der Waals surface area contributed by atoms with E-state index < -0.39 is 0 Å². The molecule has 2 aromatic carbocycles. The van der Waals surface area contributed by atoms with E-state index in [1.165, 1.54) is 6.07 Å². The first-order chi connectivity index (χ1) is 14.5. The van der Waals surface area contributed by atoms with Crippen LogP contribution in [0, 0.1) is 12.7 Å². The Balaban J connectivity index is 1.45. The van der Waals surface area contributed by atoms with Crippen LogP contribution in [-0.4, -0.2) is 15.9 Å². The number of H-pyrrole nitrogens is 1. The molecular formula is C24H21ClFN3O. The van der Waals surface area contributed by atoms with Gasteiger partial charge in [0.25, 0.3) is 5.91 Å². The fourth-order valence-corrected chi connectivity index (χ4v) is 3.59. The molecule has 0 fully saturated rings. The number of halogens is 2. The number of fused-ring (bicyclic) bond motifs is 1. The molecular weight excluding hydrogens is 401 g/mol. The van der Waals surface area contributed by atoms with Crippen molar-refractivity contribution in [3.8, 4) is 0 Å². The Hall–Kier alpha value is -3.18. The Morgan fingerprint density at radius 3 is 2.67 bits per heavy atom. The number of aromatic nitrogens is 2. The maximum Gasteiger partial charge on any atom is 0.251 e. The minimum absolute atomic E-state index is 0.114. The Labute approximate surface area is 179 Å². The first kappa shape index (κ1) is 20.1. The molecule has 0 atom stereocenters. The molecule has 0 aliphatic carbocycles. The second kappa shape index (κ2) is 8.67. The van der Waals surface area contributed by atoms with E-state index in [4.69, 9.17) is 11.6 Å². The molecule has 0 spiro atoms. The second-order valence-corrected chi connectivity index (χ2v) is 7.57. The molecule has 6 heteroatoms. The van der Waals surface area contributed by atoms with E-state index in [9.17, 15) is 9.18 Å². The fraction of sp³-hybridized carbons (Fsp3) is 0.167. The topological polar surface area (TPSA) is 57.8 Å². The first-order valence-electron chi connectivity index (χ1n) is 9.66. The first-order valence-corrected chi connectivity index (χ1v) is 10.2. The maximum atomic E-state index is 14.4. The summed E-state index contributed by atoms with van der Waals surface area (Å²) in [6.07, 6.45) is 4.07. The Morgan fingerprint density at radius 2 is 1.90 bits per heavy atom. The molecule has 0 aliphatic heterocycles. The van der Waals surface area contributed by atoms with E-state index >= 15 is 0 Å². The molecule has 0 saturated heterocycles. The zero-order valence-electron chi connectivity index (χ0n) is 16.5. The van der Waals surface area contributed by atoms with Gasteiger partial charge >= 0.3 is 0 Å². The largest absolute Gasteiger partial charge is 0.361 e. The lowest BCUT2D eigenvalue weighted by atomic mass is 10.1. The van der Waals surface area contributed by atoms with E-state index in [1.54, 1.807) is 24.4 Å². The average molecular weight is 422 g/mol. The number of carbonyl (C=O) groups excluding carboxylic acids is 1. The lowest BCUT2D eigenvalue weighted by Crippen LogP contribution is -2.23. The zero-order valence-corrected chi connectivity index (χ0v) is 17.3. The standard InChI is InChI=1S/C24H21ClFN3O/c1-15-13-28-23-11-22(26)19(10-21(15)23)14-29-24(30)18-6-7-27-20(9-18)8-16-2-4-17(12-25)5-3-16/h2-7,9-11,13,28H,8,12,14H2,1H3,(H,29,30). The van der Waals surface area contributed by atoms with Gasteiger partial charge in [-0.25, -0.2) is 4.39 Å². The Morgan fingerprint density at radius 1 is 1.13 bits per heavy atom. The van der Waals surface area contributed by atoms with Gasteiger partial charge in [0, 0.05) is 59.0 Å². The van der Waals surface area contributed by atoms with Crippen molar-refractivity contribution < 1.29 is 9.18 Å². The summed E-state index contributed by atoms with van der Waals surface area (Å²) in [5.41, 5.74) is 5.67. The van der Waals surface area contributed by atoms with Crippen molar-refractivity contribution in [2.75, 3.05) is 0 Å². The van der Waals surface area contributed by atoms with Crippen LogP contribution in [-0.2, 0) is 18.8 Å². The third kappa shape index (κ3) is 4.36. The van der Waals surface area contributed by atoms with Crippen LogP contribution in [0.1, 0.15) is 38.3 Å². The zero-order chi connectivity index (χ0) is 21.1. The minimum Gasteiger partial charge on any atom is -0.361 e. The van der Waals surface area contributed by atoms with Crippen LogP contribution in [0.3, 0.4) is 0 Å². The molecule has 0 radical (unpaired) electrons. The summed E-state index contributed by atoms with van der Waals surface area (Å²) in [6.45, 7) is 2.07. The monoisotopic (exact) mass is 421 g/mol. The number of carbonyl (C=O) groups is 1. The normalized spacial score (nSPS) is 11.0. The molecule has 0 bridgehead atoms. The molecule has 0 saturated carbocycles. The highest BCUT2D eigenvalue weighted by molar-refractivity contribution is 6.17. The van der Waals surface area contributed by atoms with Gasteiger partial charge in [-0.1, -0.05) is 24.3 Å². The number of amides is 1. The van der Waals surface area contributed by atoms with Crippen LogP contribution >= 0.6 is 11.6 Å². The highest BCUT2D eigenvalue weighted by Gasteiger charge is 2.11. The second-order valence-electron chi connectivity index (χ2n) is 7.31. The summed E-state index contributed by atoms with van der Waals surface area (Å²) in [4.78, 5) is 20.0. The van der Waals surface area contributed by atoms with E-state index in [0.29, 0.717) is 23.4 Å². The number of aromatic amines is 1. The SMILES string of the molecule is Cc1c[nH]c2cc(F)c(CNC(=O)c3ccnc(Cc4ccc(CCl)cc4)c3)cc12. The van der Waals surface area contributed by atoms with Gasteiger partial charge in [-0.05, 0) is 47.9 Å². The van der Waals surface area contributed by atoms with Crippen LogP contribution in [0.25, 0.3) is 10.9 Å². The molecule has 2 aromatic heterocycles. The van der Waals surface area contributed by atoms with Gasteiger partial charge in [0.05, 0.1) is 0 Å². The van der Waals surface area contributed by atoms with E-state index in [1.807, 2.05) is 37.4 Å². The molecule has 30 heavy (non-hydrogen) atoms. The van der Waals surface area contributed by atoms with Gasteiger partial charge in [0.1, 0.15) is 5.82 Å². The molecule has 4 nitrogen and oxygen atoms in total. The molecule has 0 unspecified atom stereocenters. The van der Waals surface area contributed by atoms with Crippen molar-refractivity contribution in [3.63, 3.8) is 0 Å². The third-order valence-corrected chi connectivity index (χ3v) is 5.44. The predicted molar refractivity (Wildman–Crippen MR) is 117 cm³/mol. The summed E-state index contributed by atoms with van der Waals surface area (Å²) < 4.78 is 14.4. The molecule has 4 rings (SSSR count). The number of hydrogen-bond acceptors (Lipinski definition) is 2.